The van der Waals surface area contributed by atoms with Crippen molar-refractivity contribution < 1.29 is 9.53 Å². The number of rotatable bonds is 5. The number of carbonyl (C=O) groups excluding carboxylic acids is 1. The fraction of sp³-hybridized carbons (Fsp3) is 0.118. The Labute approximate surface area is 137 Å². The molecule has 0 saturated carbocycles. The average Bonchev–Trinajstić information content (AvgIpc) is 3.02. The van der Waals surface area contributed by atoms with Gasteiger partial charge in [-0.05, 0) is 18.2 Å². The molecule has 2 aromatic carbocycles. The first-order valence-corrected chi connectivity index (χ1v) is 7.34. The summed E-state index contributed by atoms with van der Waals surface area (Å²) in [5.74, 6) is 0.174. The van der Waals surface area contributed by atoms with Gasteiger partial charge in [0.05, 0.1) is 12.8 Å². The minimum absolute atomic E-state index is 0.0428. The lowest BCUT2D eigenvalue weighted by Crippen LogP contribution is -2.24. The van der Waals surface area contributed by atoms with Crippen molar-refractivity contribution in [2.45, 2.75) is 6.54 Å². The van der Waals surface area contributed by atoms with E-state index >= 15 is 0 Å². The molecule has 3 rings (SSSR count). The predicted octanol–water partition coefficient (Wildman–Crippen LogP) is 1.50. The van der Waals surface area contributed by atoms with Crippen molar-refractivity contribution in [3.05, 3.63) is 76.5 Å². The number of H-pyrrole nitrogens is 1. The van der Waals surface area contributed by atoms with E-state index in [9.17, 15) is 9.59 Å². The average molecular weight is 324 g/mol. The van der Waals surface area contributed by atoms with Crippen LogP contribution in [0.4, 0.5) is 0 Å². The third-order valence-corrected chi connectivity index (χ3v) is 3.47. The number of ether oxygens (including phenoxy) is 1. The smallest absolute Gasteiger partial charge is 0.348 e. The monoisotopic (exact) mass is 324 g/mol. The first-order chi connectivity index (χ1) is 11.7. The number of hydrogen-bond acceptors (Lipinski definition) is 4. The molecule has 0 saturated heterocycles. The summed E-state index contributed by atoms with van der Waals surface area (Å²) in [7, 11) is 1.57. The van der Waals surface area contributed by atoms with Crippen molar-refractivity contribution in [1.29, 1.82) is 0 Å². The van der Waals surface area contributed by atoms with Crippen LogP contribution in [-0.2, 0) is 6.54 Å². The molecule has 1 aromatic heterocycles. The molecule has 24 heavy (non-hydrogen) atoms. The summed E-state index contributed by atoms with van der Waals surface area (Å²) in [5.41, 5.74) is 0.948. The Morgan fingerprint density at radius 2 is 1.88 bits per heavy atom. The Morgan fingerprint density at radius 3 is 2.62 bits per heavy atom. The van der Waals surface area contributed by atoms with Crippen LogP contribution in [0.15, 0.2) is 59.4 Å². The lowest BCUT2D eigenvalue weighted by Gasteiger charge is -2.08. The summed E-state index contributed by atoms with van der Waals surface area (Å²) >= 11 is 0. The molecule has 0 spiro atoms. The molecule has 0 fully saturated rings. The molecular formula is C17H16N4O3. The number of nitrogens with zero attached hydrogens (tertiary/aromatic N) is 2. The van der Waals surface area contributed by atoms with E-state index in [-0.39, 0.29) is 12.4 Å². The summed E-state index contributed by atoms with van der Waals surface area (Å²) in [6.45, 7) is 0.267. The molecule has 7 heteroatoms. The van der Waals surface area contributed by atoms with Gasteiger partial charge in [-0.3, -0.25) is 9.78 Å². The molecule has 0 aliphatic carbocycles. The SMILES string of the molecule is COc1ccccc1CNC(=O)c1nn(-c2ccccc2)c(=O)[nH]1. The van der Waals surface area contributed by atoms with E-state index in [1.165, 1.54) is 0 Å². The summed E-state index contributed by atoms with van der Waals surface area (Å²) < 4.78 is 6.39. The van der Waals surface area contributed by atoms with E-state index in [0.29, 0.717) is 11.4 Å². The zero-order chi connectivity index (χ0) is 16.9. The fourth-order valence-electron chi connectivity index (χ4n) is 2.28. The number of aromatic amines is 1. The molecule has 0 unspecified atom stereocenters. The Morgan fingerprint density at radius 1 is 1.17 bits per heavy atom. The van der Waals surface area contributed by atoms with Crippen molar-refractivity contribution in [2.24, 2.45) is 0 Å². The van der Waals surface area contributed by atoms with Crippen LogP contribution in [0.2, 0.25) is 0 Å². The highest BCUT2D eigenvalue weighted by molar-refractivity contribution is 5.90. The molecule has 1 heterocycles. The normalized spacial score (nSPS) is 10.4. The fourth-order valence-corrected chi connectivity index (χ4v) is 2.28. The van der Waals surface area contributed by atoms with Gasteiger partial charge in [-0.2, -0.15) is 4.68 Å². The molecule has 0 bridgehead atoms. The van der Waals surface area contributed by atoms with Crippen LogP contribution in [0.25, 0.3) is 5.69 Å². The Bertz CT molecular complexity index is 899. The number of nitrogens with one attached hydrogen (secondary N) is 2. The van der Waals surface area contributed by atoms with Crippen molar-refractivity contribution >= 4 is 5.91 Å². The molecular weight excluding hydrogens is 308 g/mol. The van der Waals surface area contributed by atoms with Crippen LogP contribution in [0.1, 0.15) is 16.2 Å². The highest BCUT2D eigenvalue weighted by Crippen LogP contribution is 2.16. The molecule has 7 nitrogen and oxygen atoms in total. The van der Waals surface area contributed by atoms with Crippen LogP contribution >= 0.6 is 0 Å². The van der Waals surface area contributed by atoms with Crippen LogP contribution in [0.3, 0.4) is 0 Å². The number of amides is 1. The second-order valence-electron chi connectivity index (χ2n) is 5.02. The van der Waals surface area contributed by atoms with Crippen LogP contribution in [0, 0.1) is 0 Å². The van der Waals surface area contributed by atoms with Gasteiger partial charge >= 0.3 is 5.69 Å². The minimum atomic E-state index is -0.469. The molecule has 2 N–H and O–H groups in total. The minimum Gasteiger partial charge on any atom is -0.496 e. The predicted molar refractivity (Wildman–Crippen MR) is 88.3 cm³/mol. The number of benzene rings is 2. The Kier molecular flexibility index (Phi) is 4.42. The van der Waals surface area contributed by atoms with Crippen molar-refractivity contribution in [3.8, 4) is 11.4 Å². The van der Waals surface area contributed by atoms with Crippen LogP contribution in [-0.4, -0.2) is 27.8 Å². The standard InChI is InChI=1S/C17H16N4O3/c1-24-14-10-6-5-7-12(14)11-18-16(22)15-19-17(23)21(20-15)13-8-3-2-4-9-13/h2-10H,11H2,1H3,(H,18,22)(H,19,20,23). The molecule has 0 radical (unpaired) electrons. The Hall–Kier alpha value is -3.35. The summed E-state index contributed by atoms with van der Waals surface area (Å²) in [4.78, 5) is 26.6. The van der Waals surface area contributed by atoms with Crippen molar-refractivity contribution in [1.82, 2.24) is 20.1 Å². The van der Waals surface area contributed by atoms with E-state index in [1.807, 2.05) is 30.3 Å². The van der Waals surface area contributed by atoms with Gasteiger partial charge in [0, 0.05) is 12.1 Å². The third kappa shape index (κ3) is 3.19. The third-order valence-electron chi connectivity index (χ3n) is 3.47. The Balaban J connectivity index is 1.76. The number of carbonyl (C=O) groups is 1. The van der Waals surface area contributed by atoms with Gasteiger partial charge in [-0.1, -0.05) is 36.4 Å². The van der Waals surface area contributed by atoms with Crippen LogP contribution in [0.5, 0.6) is 5.75 Å². The number of aromatic nitrogens is 3. The highest BCUT2D eigenvalue weighted by atomic mass is 16.5. The zero-order valence-corrected chi connectivity index (χ0v) is 13.0. The van der Waals surface area contributed by atoms with E-state index in [1.54, 1.807) is 31.4 Å². The maximum Gasteiger partial charge on any atom is 0.348 e. The lowest BCUT2D eigenvalue weighted by molar-refractivity contribution is 0.0940. The van der Waals surface area contributed by atoms with Crippen molar-refractivity contribution in [3.63, 3.8) is 0 Å². The summed E-state index contributed by atoms with van der Waals surface area (Å²) in [5, 5.41) is 6.76. The first kappa shape index (κ1) is 15.5. The summed E-state index contributed by atoms with van der Waals surface area (Å²) in [6, 6.07) is 16.3. The van der Waals surface area contributed by atoms with Gasteiger partial charge in [-0.25, -0.2) is 4.79 Å². The molecule has 122 valence electrons. The van der Waals surface area contributed by atoms with E-state index < -0.39 is 11.6 Å². The van der Waals surface area contributed by atoms with Gasteiger partial charge in [0.25, 0.3) is 5.91 Å². The van der Waals surface area contributed by atoms with Crippen molar-refractivity contribution in [2.75, 3.05) is 7.11 Å². The van der Waals surface area contributed by atoms with Gasteiger partial charge in [-0.15, -0.1) is 5.10 Å². The lowest BCUT2D eigenvalue weighted by atomic mass is 10.2. The zero-order valence-electron chi connectivity index (χ0n) is 13.0. The van der Waals surface area contributed by atoms with Gasteiger partial charge in [0.1, 0.15) is 5.75 Å². The molecule has 1 amide bonds. The van der Waals surface area contributed by atoms with Gasteiger partial charge in [0.15, 0.2) is 0 Å². The maximum absolute atomic E-state index is 12.2. The molecule has 0 aliphatic heterocycles. The largest absolute Gasteiger partial charge is 0.496 e. The van der Waals surface area contributed by atoms with E-state index in [4.69, 9.17) is 4.74 Å². The van der Waals surface area contributed by atoms with E-state index in [2.05, 4.69) is 15.4 Å². The number of methoxy groups -OCH3 is 1. The highest BCUT2D eigenvalue weighted by Gasteiger charge is 2.14. The van der Waals surface area contributed by atoms with Crippen LogP contribution < -0.4 is 15.7 Å². The van der Waals surface area contributed by atoms with Gasteiger partial charge < -0.3 is 10.1 Å². The molecule has 3 aromatic rings. The van der Waals surface area contributed by atoms with E-state index in [0.717, 1.165) is 10.2 Å². The maximum atomic E-state index is 12.2. The van der Waals surface area contributed by atoms with Gasteiger partial charge in [0.2, 0.25) is 5.82 Å². The second-order valence-corrected chi connectivity index (χ2v) is 5.02. The molecule has 0 atom stereocenters. The quantitative estimate of drug-likeness (QED) is 0.744. The first-order valence-electron chi connectivity index (χ1n) is 7.34. The second kappa shape index (κ2) is 6.82. The topological polar surface area (TPSA) is 89.0 Å². The summed E-state index contributed by atoms with van der Waals surface area (Å²) in [6.07, 6.45) is 0. The number of para-hydroxylation sites is 2. The molecule has 0 aliphatic rings. The number of hydrogen-bond donors (Lipinski definition) is 2.